The van der Waals surface area contributed by atoms with Gasteiger partial charge in [-0.3, -0.25) is 9.59 Å². The Balaban J connectivity index is 2.14. The molecule has 2 unspecified atom stereocenters. The van der Waals surface area contributed by atoms with Crippen molar-refractivity contribution in [1.82, 2.24) is 4.98 Å². The van der Waals surface area contributed by atoms with Gasteiger partial charge in [-0.2, -0.15) is 0 Å². The highest BCUT2D eigenvalue weighted by atomic mass is 32.2. The van der Waals surface area contributed by atoms with Crippen LogP contribution in [0.4, 0.5) is 0 Å². The Labute approximate surface area is 123 Å². The summed E-state index contributed by atoms with van der Waals surface area (Å²) in [6, 6.07) is 7.66. The summed E-state index contributed by atoms with van der Waals surface area (Å²) < 4.78 is 1.79. The Morgan fingerprint density at radius 3 is 2.65 bits per heavy atom. The fourth-order valence-electron chi connectivity index (χ4n) is 1.78. The van der Waals surface area contributed by atoms with E-state index >= 15 is 0 Å². The van der Waals surface area contributed by atoms with Crippen molar-refractivity contribution in [2.75, 3.05) is 0 Å². The summed E-state index contributed by atoms with van der Waals surface area (Å²) in [5.74, 6) is -3.12. The topological polar surface area (TPSA) is 87.5 Å². The minimum Gasteiger partial charge on any atom is -0.481 e. The average Bonchev–Trinajstić information content (AvgIpc) is 2.77. The van der Waals surface area contributed by atoms with Crippen LogP contribution in [0.3, 0.4) is 0 Å². The minimum atomic E-state index is -1.10. The second-order valence-corrected chi connectivity index (χ2v) is 6.97. The van der Waals surface area contributed by atoms with Gasteiger partial charge in [-0.1, -0.05) is 30.8 Å². The van der Waals surface area contributed by atoms with Gasteiger partial charge in [-0.15, -0.1) is 11.3 Å². The van der Waals surface area contributed by atoms with E-state index in [9.17, 15) is 9.59 Å². The molecule has 1 aromatic heterocycles. The number of aromatic nitrogens is 1. The molecule has 2 atom stereocenters. The standard InChI is InChI=1S/C13H13NO4S2/c1-7(8(12(17)18)6-11(15)16)19-13-14-9-4-2-3-5-10(9)20-13/h2-5,7-8H,6H2,1H3,(H,15,16)(H,17,18). The molecule has 0 bridgehead atoms. The first-order chi connectivity index (χ1) is 9.47. The summed E-state index contributed by atoms with van der Waals surface area (Å²) in [6.45, 7) is 1.72. The van der Waals surface area contributed by atoms with Gasteiger partial charge < -0.3 is 10.2 Å². The number of para-hydroxylation sites is 1. The first-order valence-corrected chi connectivity index (χ1v) is 7.64. The van der Waals surface area contributed by atoms with Crippen molar-refractivity contribution in [1.29, 1.82) is 0 Å². The van der Waals surface area contributed by atoms with Crippen LogP contribution in [0.2, 0.25) is 0 Å². The molecule has 0 spiro atoms. The molecule has 0 radical (unpaired) electrons. The maximum Gasteiger partial charge on any atom is 0.308 e. The lowest BCUT2D eigenvalue weighted by Crippen LogP contribution is -2.26. The number of benzene rings is 1. The second-order valence-electron chi connectivity index (χ2n) is 4.31. The molecule has 7 heteroatoms. The fourth-order valence-corrected chi connectivity index (χ4v) is 4.24. The number of carboxylic acids is 2. The van der Waals surface area contributed by atoms with E-state index < -0.39 is 17.9 Å². The van der Waals surface area contributed by atoms with Crippen molar-refractivity contribution in [2.45, 2.75) is 22.9 Å². The molecule has 0 aliphatic heterocycles. The summed E-state index contributed by atoms with van der Waals surface area (Å²) in [7, 11) is 0. The Morgan fingerprint density at radius 2 is 2.05 bits per heavy atom. The summed E-state index contributed by atoms with van der Waals surface area (Å²) >= 11 is 2.80. The number of thiazole rings is 1. The smallest absolute Gasteiger partial charge is 0.308 e. The molecule has 2 rings (SSSR count). The van der Waals surface area contributed by atoms with E-state index in [1.807, 2.05) is 24.3 Å². The lowest BCUT2D eigenvalue weighted by atomic mass is 10.0. The van der Waals surface area contributed by atoms with Crippen LogP contribution in [0, 0.1) is 5.92 Å². The van der Waals surface area contributed by atoms with Crippen molar-refractivity contribution in [3.63, 3.8) is 0 Å². The molecule has 0 saturated heterocycles. The zero-order valence-corrected chi connectivity index (χ0v) is 12.3. The van der Waals surface area contributed by atoms with Crippen LogP contribution in [0.1, 0.15) is 13.3 Å². The van der Waals surface area contributed by atoms with Crippen molar-refractivity contribution < 1.29 is 19.8 Å². The largest absolute Gasteiger partial charge is 0.481 e. The first kappa shape index (κ1) is 14.8. The van der Waals surface area contributed by atoms with Gasteiger partial charge in [0.1, 0.15) is 0 Å². The zero-order chi connectivity index (χ0) is 14.7. The van der Waals surface area contributed by atoms with E-state index in [-0.39, 0.29) is 11.7 Å². The quantitative estimate of drug-likeness (QED) is 0.798. The molecule has 2 aromatic rings. The van der Waals surface area contributed by atoms with Gasteiger partial charge in [-0.25, -0.2) is 4.98 Å². The van der Waals surface area contributed by atoms with Crippen molar-refractivity contribution >= 4 is 45.3 Å². The third kappa shape index (κ3) is 3.49. The fraction of sp³-hybridized carbons (Fsp3) is 0.308. The second kappa shape index (κ2) is 6.23. The van der Waals surface area contributed by atoms with Crippen LogP contribution in [-0.4, -0.2) is 32.4 Å². The summed E-state index contributed by atoms with van der Waals surface area (Å²) in [5, 5.41) is 17.5. The van der Waals surface area contributed by atoms with E-state index in [1.165, 1.54) is 23.1 Å². The van der Waals surface area contributed by atoms with E-state index in [0.29, 0.717) is 0 Å². The number of thioether (sulfide) groups is 1. The van der Waals surface area contributed by atoms with Gasteiger partial charge >= 0.3 is 11.9 Å². The van der Waals surface area contributed by atoms with Gasteiger partial charge in [0, 0.05) is 5.25 Å². The SMILES string of the molecule is CC(Sc1nc2ccccc2s1)C(CC(=O)O)C(=O)O. The highest BCUT2D eigenvalue weighted by Crippen LogP contribution is 2.35. The maximum atomic E-state index is 11.1. The average molecular weight is 311 g/mol. The van der Waals surface area contributed by atoms with Gasteiger partial charge in [0.05, 0.1) is 22.6 Å². The van der Waals surface area contributed by atoms with Crippen molar-refractivity contribution in [3.05, 3.63) is 24.3 Å². The number of nitrogens with zero attached hydrogens (tertiary/aromatic N) is 1. The van der Waals surface area contributed by atoms with E-state index in [4.69, 9.17) is 10.2 Å². The first-order valence-electron chi connectivity index (χ1n) is 5.94. The molecule has 1 heterocycles. The van der Waals surface area contributed by atoms with Crippen LogP contribution >= 0.6 is 23.1 Å². The summed E-state index contributed by atoms with van der Waals surface area (Å²) in [6.07, 6.45) is -0.381. The van der Waals surface area contributed by atoms with E-state index in [0.717, 1.165) is 14.6 Å². The predicted molar refractivity (Wildman–Crippen MR) is 78.3 cm³/mol. The minimum absolute atomic E-state index is 0.357. The summed E-state index contributed by atoms with van der Waals surface area (Å²) in [4.78, 5) is 26.3. The maximum absolute atomic E-state index is 11.1. The lowest BCUT2D eigenvalue weighted by molar-refractivity contribution is -0.148. The lowest BCUT2D eigenvalue weighted by Gasteiger charge is -2.16. The number of hydrogen-bond acceptors (Lipinski definition) is 5. The molecule has 1 aromatic carbocycles. The molecule has 0 saturated carbocycles. The van der Waals surface area contributed by atoms with Crippen molar-refractivity contribution in [2.24, 2.45) is 5.92 Å². The van der Waals surface area contributed by atoms with Gasteiger partial charge in [0.25, 0.3) is 0 Å². The predicted octanol–water partition coefficient (Wildman–Crippen LogP) is 2.95. The van der Waals surface area contributed by atoms with Crippen LogP contribution < -0.4 is 0 Å². The summed E-state index contributed by atoms with van der Waals surface area (Å²) in [5.41, 5.74) is 0.873. The molecule has 106 valence electrons. The number of carboxylic acid groups (broad SMARTS) is 2. The van der Waals surface area contributed by atoms with Crippen LogP contribution in [0.15, 0.2) is 28.6 Å². The molecule has 2 N–H and O–H groups in total. The Hall–Kier alpha value is -1.60. The monoisotopic (exact) mass is 311 g/mol. The highest BCUT2D eigenvalue weighted by molar-refractivity contribution is 8.01. The Kier molecular flexibility index (Phi) is 4.61. The van der Waals surface area contributed by atoms with Crippen LogP contribution in [-0.2, 0) is 9.59 Å². The molecular weight excluding hydrogens is 298 g/mol. The van der Waals surface area contributed by atoms with Gasteiger partial charge in [-0.05, 0) is 12.1 Å². The molecule has 0 amide bonds. The van der Waals surface area contributed by atoms with Crippen molar-refractivity contribution in [3.8, 4) is 0 Å². The molecule has 5 nitrogen and oxygen atoms in total. The molecule has 0 aliphatic carbocycles. The van der Waals surface area contributed by atoms with Crippen LogP contribution in [0.25, 0.3) is 10.2 Å². The Bertz CT molecular complexity index is 607. The van der Waals surface area contributed by atoms with E-state index in [2.05, 4.69) is 4.98 Å². The third-order valence-corrected chi connectivity index (χ3v) is 5.20. The molecule has 0 aliphatic rings. The zero-order valence-electron chi connectivity index (χ0n) is 10.6. The number of aliphatic carboxylic acids is 2. The van der Waals surface area contributed by atoms with Gasteiger partial charge in [0.2, 0.25) is 0 Å². The Morgan fingerprint density at radius 1 is 1.35 bits per heavy atom. The number of carbonyl (C=O) groups is 2. The molecular formula is C13H13NO4S2. The molecule has 20 heavy (non-hydrogen) atoms. The highest BCUT2D eigenvalue weighted by Gasteiger charge is 2.28. The number of hydrogen-bond donors (Lipinski definition) is 2. The normalized spacial score (nSPS) is 14.1. The number of fused-ring (bicyclic) bond motifs is 1. The third-order valence-electron chi connectivity index (χ3n) is 2.84. The van der Waals surface area contributed by atoms with E-state index in [1.54, 1.807) is 6.92 Å². The molecule has 0 fully saturated rings. The van der Waals surface area contributed by atoms with Crippen LogP contribution in [0.5, 0.6) is 0 Å². The van der Waals surface area contributed by atoms with Gasteiger partial charge in [0.15, 0.2) is 4.34 Å². The number of rotatable bonds is 6.